The molecule has 0 fully saturated rings. The smallest absolute Gasteiger partial charge is 0.339 e. The van der Waals surface area contributed by atoms with Crippen molar-refractivity contribution in [3.8, 4) is 11.3 Å². The quantitative estimate of drug-likeness (QED) is 0.118. The number of thiophene rings is 1. The number of ketones is 1. The number of Topliss-reactive ketones (excluding diaryl/α,β-unsaturated/α-hetero) is 1. The van der Waals surface area contributed by atoms with Crippen LogP contribution in [0.2, 0.25) is 0 Å². The normalized spacial score (nSPS) is 12.6. The zero-order chi connectivity index (χ0) is 28.0. The Bertz CT molecular complexity index is 1810. The fraction of sp³-hybridized carbons (Fsp3) is 0.0645. The van der Waals surface area contributed by atoms with E-state index < -0.39 is 5.97 Å². The molecule has 2 amide bonds. The summed E-state index contributed by atoms with van der Waals surface area (Å²) in [6.45, 7) is 1.52. The number of carbonyl (C=O) groups is 4. The maximum absolute atomic E-state index is 13.3. The minimum atomic E-state index is -0.640. The zero-order valence-electron chi connectivity index (χ0n) is 21.0. The monoisotopic (exact) mass is 610 g/mol. The fourth-order valence-electron chi connectivity index (χ4n) is 4.70. The molecule has 1 aliphatic heterocycles. The lowest BCUT2D eigenvalue weighted by atomic mass is 10.0. The number of esters is 1. The summed E-state index contributed by atoms with van der Waals surface area (Å²) in [7, 11) is 0. The van der Waals surface area contributed by atoms with Gasteiger partial charge in [-0.05, 0) is 66.4 Å². The van der Waals surface area contributed by atoms with Crippen LogP contribution >= 0.6 is 27.3 Å². The zero-order valence-corrected chi connectivity index (χ0v) is 23.4. The number of anilines is 1. The highest BCUT2D eigenvalue weighted by molar-refractivity contribution is 9.10. The molecule has 1 aliphatic rings. The van der Waals surface area contributed by atoms with Crippen LogP contribution in [0.15, 0.2) is 88.7 Å². The third-order valence-corrected chi connectivity index (χ3v) is 8.00. The molecule has 0 bridgehead atoms. The molecule has 5 aromatic rings. The van der Waals surface area contributed by atoms with Gasteiger partial charge in [0.05, 0.1) is 38.5 Å². The summed E-state index contributed by atoms with van der Waals surface area (Å²) in [5.74, 6) is -1.66. The van der Waals surface area contributed by atoms with Crippen molar-refractivity contribution in [2.45, 2.75) is 6.92 Å². The Labute approximate surface area is 241 Å². The number of aryl methyl sites for hydroxylation is 1. The predicted octanol–water partition coefficient (Wildman–Crippen LogP) is 6.87. The van der Waals surface area contributed by atoms with E-state index in [1.54, 1.807) is 78.2 Å². The third kappa shape index (κ3) is 4.53. The van der Waals surface area contributed by atoms with Gasteiger partial charge in [-0.1, -0.05) is 46.3 Å². The molecule has 0 N–H and O–H groups in total. The number of nitrogens with zero attached hydrogens (tertiary/aromatic N) is 2. The summed E-state index contributed by atoms with van der Waals surface area (Å²) in [4.78, 5) is 57.9. The van der Waals surface area contributed by atoms with Crippen molar-refractivity contribution in [3.63, 3.8) is 0 Å². The number of ether oxygens (including phenoxy) is 1. The van der Waals surface area contributed by atoms with Gasteiger partial charge in [0.25, 0.3) is 11.8 Å². The molecule has 6 rings (SSSR count). The van der Waals surface area contributed by atoms with Crippen molar-refractivity contribution >= 4 is 67.4 Å². The highest BCUT2D eigenvalue weighted by Gasteiger charge is 2.36. The standard InChI is InChI=1S/C31H19BrN2O5S/c1-17-13-19(32)14-23-24(31(38)39-16-26(35)27-7-4-12-40-27)15-25(33-28(17)23)18-8-10-20(11-9-18)34-29(36)21-5-2-3-6-22(21)30(34)37/h2-15H,16H2,1H3. The maximum atomic E-state index is 13.3. The Hall–Kier alpha value is -4.47. The Morgan fingerprint density at radius 2 is 1.62 bits per heavy atom. The lowest BCUT2D eigenvalue weighted by molar-refractivity contribution is 0.0477. The Kier molecular flexibility index (Phi) is 6.61. The average molecular weight is 611 g/mol. The number of hydrogen-bond donors (Lipinski definition) is 0. The first-order chi connectivity index (χ1) is 19.3. The van der Waals surface area contributed by atoms with E-state index in [1.807, 2.05) is 13.0 Å². The van der Waals surface area contributed by atoms with Gasteiger partial charge in [-0.15, -0.1) is 11.3 Å². The van der Waals surface area contributed by atoms with Crippen LogP contribution < -0.4 is 4.90 Å². The van der Waals surface area contributed by atoms with Gasteiger partial charge in [0.15, 0.2) is 6.61 Å². The molecule has 3 aromatic carbocycles. The number of aromatic nitrogens is 1. The lowest BCUT2D eigenvalue weighted by Gasteiger charge is -2.15. The molecule has 0 spiro atoms. The summed E-state index contributed by atoms with van der Waals surface area (Å²) >= 11 is 4.78. The van der Waals surface area contributed by atoms with E-state index in [0.717, 1.165) is 14.9 Å². The SMILES string of the molecule is Cc1cc(Br)cc2c(C(=O)OCC(=O)c3cccs3)cc(-c3ccc(N4C(=O)c5ccccc5C4=O)cc3)nc12. The first kappa shape index (κ1) is 25.8. The predicted molar refractivity (Wildman–Crippen MR) is 156 cm³/mol. The minimum Gasteiger partial charge on any atom is -0.454 e. The Morgan fingerprint density at radius 1 is 0.925 bits per heavy atom. The maximum Gasteiger partial charge on any atom is 0.339 e. The number of amides is 2. The van der Waals surface area contributed by atoms with Gasteiger partial charge in [0.1, 0.15) is 0 Å². The third-order valence-electron chi connectivity index (χ3n) is 6.63. The molecule has 40 heavy (non-hydrogen) atoms. The van der Waals surface area contributed by atoms with Gasteiger partial charge in [0.2, 0.25) is 5.78 Å². The Balaban J connectivity index is 1.34. The number of fused-ring (bicyclic) bond motifs is 2. The van der Waals surface area contributed by atoms with Gasteiger partial charge in [-0.3, -0.25) is 14.4 Å². The van der Waals surface area contributed by atoms with E-state index in [0.29, 0.717) is 43.9 Å². The van der Waals surface area contributed by atoms with Crippen LogP contribution in [-0.2, 0) is 4.74 Å². The van der Waals surface area contributed by atoms with Crippen LogP contribution in [0.25, 0.3) is 22.2 Å². The summed E-state index contributed by atoms with van der Waals surface area (Å²) in [6.07, 6.45) is 0. The second-order valence-corrected chi connectivity index (χ2v) is 11.1. The van der Waals surface area contributed by atoms with Crippen LogP contribution in [0.1, 0.15) is 46.3 Å². The van der Waals surface area contributed by atoms with Gasteiger partial charge < -0.3 is 4.74 Å². The van der Waals surface area contributed by atoms with E-state index in [1.165, 1.54) is 11.3 Å². The van der Waals surface area contributed by atoms with Crippen LogP contribution in [0.4, 0.5) is 5.69 Å². The van der Waals surface area contributed by atoms with Gasteiger partial charge in [0, 0.05) is 15.4 Å². The highest BCUT2D eigenvalue weighted by atomic mass is 79.9. The molecular formula is C31H19BrN2O5S. The molecule has 2 aromatic heterocycles. The first-order valence-corrected chi connectivity index (χ1v) is 13.9. The van der Waals surface area contributed by atoms with Crippen molar-refractivity contribution in [1.82, 2.24) is 4.98 Å². The molecule has 0 saturated carbocycles. The van der Waals surface area contributed by atoms with Crippen molar-refractivity contribution in [2.75, 3.05) is 11.5 Å². The number of pyridine rings is 1. The second kappa shape index (κ2) is 10.3. The molecular weight excluding hydrogens is 592 g/mol. The van der Waals surface area contributed by atoms with Crippen molar-refractivity contribution in [3.05, 3.63) is 116 Å². The van der Waals surface area contributed by atoms with Crippen LogP contribution in [-0.4, -0.2) is 35.2 Å². The molecule has 9 heteroatoms. The number of halogens is 1. The molecule has 0 aliphatic carbocycles. The Morgan fingerprint density at radius 3 is 2.27 bits per heavy atom. The first-order valence-electron chi connectivity index (χ1n) is 12.2. The molecule has 0 atom stereocenters. The van der Waals surface area contributed by atoms with Crippen LogP contribution in [0, 0.1) is 6.92 Å². The van der Waals surface area contributed by atoms with Crippen LogP contribution in [0.3, 0.4) is 0 Å². The number of benzene rings is 3. The van der Waals surface area contributed by atoms with E-state index in [4.69, 9.17) is 9.72 Å². The van der Waals surface area contributed by atoms with E-state index in [2.05, 4.69) is 15.9 Å². The van der Waals surface area contributed by atoms with Crippen molar-refractivity contribution in [2.24, 2.45) is 0 Å². The summed E-state index contributed by atoms with van der Waals surface area (Å²) in [5.41, 5.74) is 4.08. The number of rotatable bonds is 6. The molecule has 7 nitrogen and oxygen atoms in total. The van der Waals surface area contributed by atoms with E-state index >= 15 is 0 Å². The minimum absolute atomic E-state index is 0.271. The van der Waals surface area contributed by atoms with E-state index in [-0.39, 0.29) is 29.8 Å². The summed E-state index contributed by atoms with van der Waals surface area (Å²) in [6, 6.07) is 22.3. The summed E-state index contributed by atoms with van der Waals surface area (Å²) in [5, 5.41) is 2.38. The van der Waals surface area contributed by atoms with Gasteiger partial charge in [-0.25, -0.2) is 14.7 Å². The molecule has 0 saturated heterocycles. The molecule has 3 heterocycles. The number of carbonyl (C=O) groups excluding carboxylic acids is 4. The topological polar surface area (TPSA) is 93.6 Å². The molecule has 0 unspecified atom stereocenters. The van der Waals surface area contributed by atoms with Crippen molar-refractivity contribution < 1.29 is 23.9 Å². The number of hydrogen-bond acceptors (Lipinski definition) is 7. The van der Waals surface area contributed by atoms with Crippen molar-refractivity contribution in [1.29, 1.82) is 0 Å². The lowest BCUT2D eigenvalue weighted by Crippen LogP contribution is -2.29. The van der Waals surface area contributed by atoms with Crippen LogP contribution in [0.5, 0.6) is 0 Å². The molecule has 196 valence electrons. The summed E-state index contributed by atoms with van der Waals surface area (Å²) < 4.78 is 6.21. The molecule has 0 radical (unpaired) electrons. The number of imide groups is 1. The van der Waals surface area contributed by atoms with E-state index in [9.17, 15) is 19.2 Å². The largest absolute Gasteiger partial charge is 0.454 e. The highest BCUT2D eigenvalue weighted by Crippen LogP contribution is 2.33. The average Bonchev–Trinajstić information content (AvgIpc) is 3.59. The van der Waals surface area contributed by atoms with Gasteiger partial charge >= 0.3 is 5.97 Å². The second-order valence-electron chi connectivity index (χ2n) is 9.19. The fourth-order valence-corrected chi connectivity index (χ4v) is 5.92. The van der Waals surface area contributed by atoms with Gasteiger partial charge in [-0.2, -0.15) is 0 Å².